The Labute approximate surface area is 95.6 Å². The third-order valence-corrected chi connectivity index (χ3v) is 3.77. The molecule has 0 saturated carbocycles. The van der Waals surface area contributed by atoms with Crippen molar-refractivity contribution in [3.63, 3.8) is 0 Å². The lowest BCUT2D eigenvalue weighted by Crippen LogP contribution is -2.24. The average Bonchev–Trinajstić information content (AvgIpc) is 2.68. The maximum atomic E-state index is 4.33. The van der Waals surface area contributed by atoms with E-state index in [9.17, 15) is 0 Å². The average molecular weight is 225 g/mol. The fraction of sp³-hybridized carbons (Fsp3) is 0.727. The van der Waals surface area contributed by atoms with Gasteiger partial charge in [0.2, 0.25) is 0 Å². The van der Waals surface area contributed by atoms with Crippen molar-refractivity contribution in [2.75, 3.05) is 16.8 Å². The van der Waals surface area contributed by atoms with Crippen molar-refractivity contribution < 1.29 is 0 Å². The van der Waals surface area contributed by atoms with Crippen LogP contribution in [0.15, 0.2) is 12.4 Å². The van der Waals surface area contributed by atoms with E-state index in [0.29, 0.717) is 12.1 Å². The van der Waals surface area contributed by atoms with E-state index in [2.05, 4.69) is 42.2 Å². The first-order valence-electron chi connectivity index (χ1n) is 5.64. The second-order valence-electron chi connectivity index (χ2n) is 4.33. The molecule has 3 nitrogen and oxygen atoms in total. The predicted octanol–water partition coefficient (Wildman–Crippen LogP) is 2.77. The first kappa shape index (κ1) is 10.9. The van der Waals surface area contributed by atoms with E-state index in [0.717, 1.165) is 0 Å². The van der Waals surface area contributed by atoms with E-state index in [4.69, 9.17) is 0 Å². The third kappa shape index (κ3) is 2.91. The molecule has 0 radical (unpaired) electrons. The van der Waals surface area contributed by atoms with Crippen LogP contribution in [0.1, 0.15) is 32.7 Å². The van der Waals surface area contributed by atoms with Crippen molar-refractivity contribution in [3.05, 3.63) is 12.4 Å². The molecule has 1 aromatic rings. The van der Waals surface area contributed by atoms with Gasteiger partial charge in [-0.15, -0.1) is 0 Å². The zero-order valence-corrected chi connectivity index (χ0v) is 10.3. The molecule has 0 spiro atoms. The molecule has 1 fully saturated rings. The SMILES string of the molecule is CC(C)n1cc(NC2CCSCC2)cn1. The van der Waals surface area contributed by atoms with Crippen LogP contribution in [-0.2, 0) is 0 Å². The molecular weight excluding hydrogens is 206 g/mol. The Hall–Kier alpha value is -0.640. The Kier molecular flexibility index (Phi) is 3.57. The molecule has 1 aliphatic rings. The van der Waals surface area contributed by atoms with Crippen molar-refractivity contribution in [2.45, 2.75) is 38.8 Å². The maximum Gasteiger partial charge on any atom is 0.0728 e. The maximum absolute atomic E-state index is 4.33. The summed E-state index contributed by atoms with van der Waals surface area (Å²) in [5.41, 5.74) is 1.17. The fourth-order valence-corrected chi connectivity index (χ4v) is 2.88. The van der Waals surface area contributed by atoms with Crippen molar-refractivity contribution in [1.82, 2.24) is 9.78 Å². The van der Waals surface area contributed by atoms with Gasteiger partial charge in [-0.2, -0.15) is 16.9 Å². The summed E-state index contributed by atoms with van der Waals surface area (Å²) in [5, 5.41) is 7.89. The Balaban J connectivity index is 1.91. The summed E-state index contributed by atoms with van der Waals surface area (Å²) in [6.45, 7) is 4.29. The summed E-state index contributed by atoms with van der Waals surface area (Å²) in [7, 11) is 0. The Morgan fingerprint density at radius 1 is 1.47 bits per heavy atom. The number of hydrogen-bond donors (Lipinski definition) is 1. The summed E-state index contributed by atoms with van der Waals surface area (Å²) in [6, 6.07) is 1.10. The first-order chi connectivity index (χ1) is 7.25. The van der Waals surface area contributed by atoms with Crippen LogP contribution in [0.3, 0.4) is 0 Å². The second-order valence-corrected chi connectivity index (χ2v) is 5.56. The summed E-state index contributed by atoms with van der Waals surface area (Å²) in [4.78, 5) is 0. The minimum Gasteiger partial charge on any atom is -0.380 e. The topological polar surface area (TPSA) is 29.9 Å². The predicted molar refractivity (Wildman–Crippen MR) is 66.6 cm³/mol. The molecule has 0 aliphatic carbocycles. The van der Waals surface area contributed by atoms with Gasteiger partial charge in [0.05, 0.1) is 11.9 Å². The molecular formula is C11H19N3S. The highest BCUT2D eigenvalue weighted by Crippen LogP contribution is 2.21. The van der Waals surface area contributed by atoms with Gasteiger partial charge in [-0.3, -0.25) is 4.68 Å². The highest BCUT2D eigenvalue weighted by atomic mass is 32.2. The van der Waals surface area contributed by atoms with Gasteiger partial charge in [0.1, 0.15) is 0 Å². The highest BCUT2D eigenvalue weighted by molar-refractivity contribution is 7.99. The molecule has 84 valence electrons. The molecule has 1 aliphatic heterocycles. The van der Waals surface area contributed by atoms with Gasteiger partial charge in [-0.25, -0.2) is 0 Å². The number of hydrogen-bond acceptors (Lipinski definition) is 3. The molecule has 0 amide bonds. The monoisotopic (exact) mass is 225 g/mol. The Morgan fingerprint density at radius 2 is 2.20 bits per heavy atom. The van der Waals surface area contributed by atoms with Gasteiger partial charge < -0.3 is 5.32 Å². The molecule has 2 heterocycles. The summed E-state index contributed by atoms with van der Waals surface area (Å²) >= 11 is 2.06. The standard InChI is InChI=1S/C11H19N3S/c1-9(2)14-8-11(7-12-14)13-10-3-5-15-6-4-10/h7-10,13H,3-6H2,1-2H3. The van der Waals surface area contributed by atoms with Crippen molar-refractivity contribution >= 4 is 17.4 Å². The summed E-state index contributed by atoms with van der Waals surface area (Å²) < 4.78 is 2.00. The molecule has 2 rings (SSSR count). The molecule has 0 unspecified atom stereocenters. The van der Waals surface area contributed by atoms with E-state index >= 15 is 0 Å². The van der Waals surface area contributed by atoms with Crippen LogP contribution in [0.25, 0.3) is 0 Å². The largest absolute Gasteiger partial charge is 0.380 e. The lowest BCUT2D eigenvalue weighted by molar-refractivity contribution is 0.532. The van der Waals surface area contributed by atoms with E-state index in [-0.39, 0.29) is 0 Å². The van der Waals surface area contributed by atoms with Gasteiger partial charge in [-0.1, -0.05) is 0 Å². The van der Waals surface area contributed by atoms with Crippen molar-refractivity contribution in [2.24, 2.45) is 0 Å². The van der Waals surface area contributed by atoms with E-state index in [1.165, 1.54) is 30.0 Å². The van der Waals surface area contributed by atoms with Crippen LogP contribution in [0, 0.1) is 0 Å². The van der Waals surface area contributed by atoms with Crippen LogP contribution in [0.2, 0.25) is 0 Å². The van der Waals surface area contributed by atoms with Gasteiger partial charge in [0.25, 0.3) is 0 Å². The zero-order valence-electron chi connectivity index (χ0n) is 9.44. The quantitative estimate of drug-likeness (QED) is 0.858. The lowest BCUT2D eigenvalue weighted by atomic mass is 10.1. The van der Waals surface area contributed by atoms with Crippen molar-refractivity contribution in [3.8, 4) is 0 Å². The molecule has 1 N–H and O–H groups in total. The van der Waals surface area contributed by atoms with E-state index < -0.39 is 0 Å². The second kappa shape index (κ2) is 4.92. The van der Waals surface area contributed by atoms with Crippen molar-refractivity contribution in [1.29, 1.82) is 0 Å². The number of rotatable bonds is 3. The number of aromatic nitrogens is 2. The molecule has 0 aromatic carbocycles. The van der Waals surface area contributed by atoms with Crippen LogP contribution in [-0.4, -0.2) is 27.3 Å². The smallest absolute Gasteiger partial charge is 0.0728 e. The number of thioether (sulfide) groups is 1. The van der Waals surface area contributed by atoms with Crippen LogP contribution in [0.4, 0.5) is 5.69 Å². The molecule has 0 atom stereocenters. The van der Waals surface area contributed by atoms with Gasteiger partial charge in [0.15, 0.2) is 0 Å². The van der Waals surface area contributed by atoms with Crippen LogP contribution in [0.5, 0.6) is 0 Å². The summed E-state index contributed by atoms with van der Waals surface area (Å²) in [6.07, 6.45) is 6.59. The number of anilines is 1. The van der Waals surface area contributed by atoms with E-state index in [1.54, 1.807) is 0 Å². The minimum absolute atomic E-state index is 0.447. The molecule has 0 bridgehead atoms. The molecule has 1 aromatic heterocycles. The van der Waals surface area contributed by atoms with Gasteiger partial charge >= 0.3 is 0 Å². The lowest BCUT2D eigenvalue weighted by Gasteiger charge is -2.22. The summed E-state index contributed by atoms with van der Waals surface area (Å²) in [5.74, 6) is 2.58. The normalized spacial score (nSPS) is 18.3. The highest BCUT2D eigenvalue weighted by Gasteiger charge is 2.13. The molecule has 4 heteroatoms. The zero-order chi connectivity index (χ0) is 10.7. The van der Waals surface area contributed by atoms with E-state index in [1.807, 2.05) is 10.9 Å². The van der Waals surface area contributed by atoms with Gasteiger partial charge in [0, 0.05) is 18.3 Å². The minimum atomic E-state index is 0.447. The Bertz CT molecular complexity index is 303. The molecule has 15 heavy (non-hydrogen) atoms. The Morgan fingerprint density at radius 3 is 2.80 bits per heavy atom. The number of nitrogens with zero attached hydrogens (tertiary/aromatic N) is 2. The van der Waals surface area contributed by atoms with Crippen LogP contribution < -0.4 is 5.32 Å². The third-order valence-electron chi connectivity index (χ3n) is 2.72. The van der Waals surface area contributed by atoms with Crippen LogP contribution >= 0.6 is 11.8 Å². The van der Waals surface area contributed by atoms with Gasteiger partial charge in [-0.05, 0) is 38.2 Å². The number of nitrogens with one attached hydrogen (secondary N) is 1. The first-order valence-corrected chi connectivity index (χ1v) is 6.79. The molecule has 1 saturated heterocycles. The fourth-order valence-electron chi connectivity index (χ4n) is 1.77.